The van der Waals surface area contributed by atoms with Crippen LogP contribution in [0.4, 0.5) is 5.69 Å². The summed E-state index contributed by atoms with van der Waals surface area (Å²) >= 11 is 2.21. The molecule has 0 radical (unpaired) electrons. The molecule has 3 rings (SSSR count). The van der Waals surface area contributed by atoms with E-state index in [1.165, 1.54) is 0 Å². The molecule has 2 aromatic rings. The molecular formula is C17H14INO3. The summed E-state index contributed by atoms with van der Waals surface area (Å²) in [6.45, 7) is 1.81. The Balaban J connectivity index is 1.71. The number of amides is 1. The van der Waals surface area contributed by atoms with Gasteiger partial charge in [-0.1, -0.05) is 0 Å². The van der Waals surface area contributed by atoms with Gasteiger partial charge in [0.15, 0.2) is 12.4 Å². The molecular weight excluding hydrogens is 393 g/mol. The van der Waals surface area contributed by atoms with E-state index in [2.05, 4.69) is 27.9 Å². The molecule has 1 amide bonds. The van der Waals surface area contributed by atoms with E-state index in [1.807, 2.05) is 31.2 Å². The average Bonchev–Trinajstić information content (AvgIpc) is 2.81. The summed E-state index contributed by atoms with van der Waals surface area (Å²) in [5, 5.41) is 2.79. The molecule has 0 saturated carbocycles. The Morgan fingerprint density at radius 1 is 1.23 bits per heavy atom. The number of anilines is 1. The highest BCUT2D eigenvalue weighted by atomic mass is 127. The number of halogens is 1. The Labute approximate surface area is 142 Å². The maximum Gasteiger partial charge on any atom is 0.231 e. The lowest BCUT2D eigenvalue weighted by molar-refractivity contribution is -0.116. The molecule has 1 N–H and O–H groups in total. The molecule has 1 atom stereocenters. The highest BCUT2D eigenvalue weighted by Gasteiger charge is 2.27. The average molecular weight is 407 g/mol. The smallest absolute Gasteiger partial charge is 0.231 e. The predicted molar refractivity (Wildman–Crippen MR) is 92.5 cm³/mol. The highest BCUT2D eigenvalue weighted by Crippen LogP contribution is 2.32. The summed E-state index contributed by atoms with van der Waals surface area (Å²) in [4.78, 5) is 23.9. The first kappa shape index (κ1) is 15.0. The summed E-state index contributed by atoms with van der Waals surface area (Å²) in [7, 11) is 0. The van der Waals surface area contributed by atoms with Crippen molar-refractivity contribution in [2.45, 2.75) is 12.8 Å². The molecule has 0 spiro atoms. The number of benzene rings is 2. The molecule has 0 bridgehead atoms. The number of Topliss-reactive ketones (excluding diaryl/α,β-unsaturated/α-hetero) is 1. The summed E-state index contributed by atoms with van der Waals surface area (Å²) in [5.74, 6) is 0.308. The van der Waals surface area contributed by atoms with Gasteiger partial charge >= 0.3 is 0 Å². The third-order valence-electron chi connectivity index (χ3n) is 3.67. The number of carbonyl (C=O) groups excluding carboxylic acids is 2. The van der Waals surface area contributed by atoms with Crippen LogP contribution in [0, 0.1) is 3.57 Å². The number of ether oxygens (including phenoxy) is 1. The van der Waals surface area contributed by atoms with Crippen LogP contribution >= 0.6 is 22.6 Å². The van der Waals surface area contributed by atoms with Gasteiger partial charge in [0, 0.05) is 14.8 Å². The molecule has 0 unspecified atom stereocenters. The molecule has 112 valence electrons. The Morgan fingerprint density at radius 3 is 2.68 bits per heavy atom. The fourth-order valence-corrected chi connectivity index (χ4v) is 2.71. The zero-order chi connectivity index (χ0) is 15.7. The van der Waals surface area contributed by atoms with E-state index in [9.17, 15) is 9.59 Å². The number of hydrogen-bond acceptors (Lipinski definition) is 3. The van der Waals surface area contributed by atoms with Crippen LogP contribution in [0.5, 0.6) is 5.75 Å². The van der Waals surface area contributed by atoms with Crippen LogP contribution in [0.2, 0.25) is 0 Å². The van der Waals surface area contributed by atoms with Crippen LogP contribution in [0.15, 0.2) is 42.5 Å². The van der Waals surface area contributed by atoms with Crippen molar-refractivity contribution < 1.29 is 14.3 Å². The fourth-order valence-electron chi connectivity index (χ4n) is 2.35. The Bertz CT molecular complexity index is 740. The van der Waals surface area contributed by atoms with Gasteiger partial charge in [0.25, 0.3) is 0 Å². The monoisotopic (exact) mass is 407 g/mol. The van der Waals surface area contributed by atoms with E-state index in [-0.39, 0.29) is 24.2 Å². The van der Waals surface area contributed by atoms with Crippen LogP contribution in [-0.2, 0) is 4.79 Å². The molecule has 22 heavy (non-hydrogen) atoms. The second-order valence-corrected chi connectivity index (χ2v) is 6.42. The highest BCUT2D eigenvalue weighted by molar-refractivity contribution is 14.1. The second kappa shape index (κ2) is 6.08. The van der Waals surface area contributed by atoms with E-state index in [0.29, 0.717) is 11.3 Å². The van der Waals surface area contributed by atoms with E-state index in [1.54, 1.807) is 18.2 Å². The SMILES string of the molecule is C[C@H]1C(=O)Nc2ccc(C(=O)COc3ccc(I)cc3)cc21. The van der Waals surface area contributed by atoms with Gasteiger partial charge in [0.05, 0.1) is 5.92 Å². The number of ketones is 1. The van der Waals surface area contributed by atoms with Crippen molar-refractivity contribution >= 4 is 40.0 Å². The van der Waals surface area contributed by atoms with Crippen molar-refractivity contribution in [1.29, 1.82) is 0 Å². The number of fused-ring (bicyclic) bond motifs is 1. The van der Waals surface area contributed by atoms with E-state index in [4.69, 9.17) is 4.74 Å². The zero-order valence-corrected chi connectivity index (χ0v) is 14.1. The largest absolute Gasteiger partial charge is 0.485 e. The first-order chi connectivity index (χ1) is 10.5. The van der Waals surface area contributed by atoms with Gasteiger partial charge in [0.1, 0.15) is 5.75 Å². The Hall–Kier alpha value is -1.89. The first-order valence-corrected chi connectivity index (χ1v) is 7.99. The number of rotatable bonds is 4. The van der Waals surface area contributed by atoms with Crippen molar-refractivity contribution in [2.75, 3.05) is 11.9 Å². The summed E-state index contributed by atoms with van der Waals surface area (Å²) in [5.41, 5.74) is 2.21. The summed E-state index contributed by atoms with van der Waals surface area (Å²) in [6.07, 6.45) is 0. The van der Waals surface area contributed by atoms with Crippen LogP contribution in [0.1, 0.15) is 28.8 Å². The minimum atomic E-state index is -0.222. The molecule has 0 aromatic heterocycles. The zero-order valence-electron chi connectivity index (χ0n) is 11.9. The molecule has 1 heterocycles. The maximum absolute atomic E-state index is 12.2. The normalized spacial score (nSPS) is 16.1. The lowest BCUT2D eigenvalue weighted by Gasteiger charge is -2.07. The Morgan fingerprint density at radius 2 is 1.95 bits per heavy atom. The molecule has 1 aliphatic heterocycles. The van der Waals surface area contributed by atoms with Crippen molar-refractivity contribution in [1.82, 2.24) is 0 Å². The minimum absolute atomic E-state index is 0.0187. The van der Waals surface area contributed by atoms with E-state index < -0.39 is 0 Å². The number of carbonyl (C=O) groups is 2. The van der Waals surface area contributed by atoms with Gasteiger partial charge in [-0.25, -0.2) is 0 Å². The molecule has 0 aliphatic carbocycles. The van der Waals surface area contributed by atoms with Crippen molar-refractivity contribution in [2.24, 2.45) is 0 Å². The van der Waals surface area contributed by atoms with Crippen LogP contribution in [-0.4, -0.2) is 18.3 Å². The standard InChI is InChI=1S/C17H14INO3/c1-10-14-8-11(2-7-15(14)19-17(10)21)16(20)9-22-13-5-3-12(18)4-6-13/h2-8,10H,9H2,1H3,(H,19,21)/t10-/m1/s1. The number of hydrogen-bond donors (Lipinski definition) is 1. The molecule has 4 nitrogen and oxygen atoms in total. The molecule has 0 fully saturated rings. The maximum atomic E-state index is 12.2. The summed E-state index contributed by atoms with van der Waals surface area (Å²) in [6, 6.07) is 12.8. The lowest BCUT2D eigenvalue weighted by atomic mass is 9.99. The number of nitrogens with one attached hydrogen (secondary N) is 1. The van der Waals surface area contributed by atoms with Gasteiger partial charge < -0.3 is 10.1 Å². The van der Waals surface area contributed by atoms with Crippen LogP contribution in [0.25, 0.3) is 0 Å². The van der Waals surface area contributed by atoms with Crippen molar-refractivity contribution in [3.63, 3.8) is 0 Å². The van der Waals surface area contributed by atoms with Gasteiger partial charge in [-0.15, -0.1) is 0 Å². The van der Waals surface area contributed by atoms with Crippen molar-refractivity contribution in [3.8, 4) is 5.75 Å². The third-order valence-corrected chi connectivity index (χ3v) is 4.39. The van der Waals surface area contributed by atoms with E-state index >= 15 is 0 Å². The summed E-state index contributed by atoms with van der Waals surface area (Å²) < 4.78 is 6.62. The van der Waals surface area contributed by atoms with Crippen LogP contribution in [0.3, 0.4) is 0 Å². The van der Waals surface area contributed by atoms with Gasteiger partial charge in [-0.2, -0.15) is 0 Å². The van der Waals surface area contributed by atoms with Gasteiger partial charge in [-0.3, -0.25) is 9.59 Å². The van der Waals surface area contributed by atoms with E-state index in [0.717, 1.165) is 14.8 Å². The molecule has 2 aromatic carbocycles. The molecule has 1 aliphatic rings. The van der Waals surface area contributed by atoms with Gasteiger partial charge in [-0.05, 0) is 77.5 Å². The van der Waals surface area contributed by atoms with Crippen LogP contribution < -0.4 is 10.1 Å². The van der Waals surface area contributed by atoms with Crippen molar-refractivity contribution in [3.05, 3.63) is 57.2 Å². The van der Waals surface area contributed by atoms with Gasteiger partial charge in [0.2, 0.25) is 5.91 Å². The topological polar surface area (TPSA) is 55.4 Å². The first-order valence-electron chi connectivity index (χ1n) is 6.91. The third kappa shape index (κ3) is 2.99. The Kier molecular flexibility index (Phi) is 4.15. The molecule has 0 saturated heterocycles. The lowest BCUT2D eigenvalue weighted by Crippen LogP contribution is -2.12. The second-order valence-electron chi connectivity index (χ2n) is 5.18. The fraction of sp³-hybridized carbons (Fsp3) is 0.176. The quantitative estimate of drug-likeness (QED) is 0.623. The molecule has 5 heteroatoms. The minimum Gasteiger partial charge on any atom is -0.485 e. The predicted octanol–water partition coefficient (Wildman–Crippen LogP) is 3.61.